The molecule has 0 aromatic heterocycles. The van der Waals surface area contributed by atoms with Gasteiger partial charge in [0, 0.05) is 14.1 Å². The Hall–Kier alpha value is 0.390. The van der Waals surface area contributed by atoms with Gasteiger partial charge in [-0.25, -0.2) is 0 Å². The normalized spacial score (nSPS) is 18.9. The first-order valence-corrected chi connectivity index (χ1v) is 7.74. The number of hydrogen-bond donors (Lipinski definition) is 1. The fraction of sp³-hybridized carbons (Fsp3) is 0.538. The quantitative estimate of drug-likeness (QED) is 0.744. The molecule has 0 spiro atoms. The lowest BCUT2D eigenvalue weighted by molar-refractivity contribution is 0.450. The monoisotopic (exact) mass is 393 g/mol. The van der Waals surface area contributed by atoms with E-state index in [0.29, 0.717) is 0 Å². The zero-order valence-electron chi connectivity index (χ0n) is 9.26. The van der Waals surface area contributed by atoms with Crippen molar-refractivity contribution in [2.45, 2.75) is 38.1 Å². The van der Waals surface area contributed by atoms with E-state index in [-0.39, 0.29) is 6.04 Å². The lowest BCUT2D eigenvalue weighted by Crippen LogP contribution is -2.15. The first-order valence-electron chi connectivity index (χ1n) is 5.87. The number of hydrogen-bond acceptors (Lipinski definition) is 1. The van der Waals surface area contributed by atoms with Gasteiger partial charge in [0.15, 0.2) is 0 Å². The lowest BCUT2D eigenvalue weighted by atomic mass is 9.94. The minimum atomic E-state index is 0.201. The molecule has 0 amide bonds. The lowest BCUT2D eigenvalue weighted by Gasteiger charge is -2.18. The van der Waals surface area contributed by atoms with Crippen molar-refractivity contribution >= 4 is 38.5 Å². The summed E-state index contributed by atoms with van der Waals surface area (Å²) in [5.41, 5.74) is 7.61. The zero-order chi connectivity index (χ0) is 11.5. The molecule has 1 nitrogen and oxygen atoms in total. The van der Waals surface area contributed by atoms with Crippen LogP contribution in [-0.4, -0.2) is 0 Å². The molecule has 1 atom stereocenters. The van der Waals surface area contributed by atoms with Gasteiger partial charge in [0.25, 0.3) is 0 Å². The molecule has 2 rings (SSSR count). The molecule has 3 heteroatoms. The second kappa shape index (κ2) is 5.83. The highest BCUT2D eigenvalue weighted by molar-refractivity contribution is 14.1. The Morgan fingerprint density at radius 1 is 1.38 bits per heavy atom. The fourth-order valence-electron chi connectivity index (χ4n) is 2.53. The molecule has 88 valence electrons. The Labute approximate surface area is 119 Å². The Morgan fingerprint density at radius 2 is 2.06 bits per heavy atom. The van der Waals surface area contributed by atoms with Crippen molar-refractivity contribution in [2.75, 3.05) is 0 Å². The third kappa shape index (κ3) is 3.20. The van der Waals surface area contributed by atoms with Gasteiger partial charge in [-0.2, -0.15) is 0 Å². The summed E-state index contributed by atoms with van der Waals surface area (Å²) in [5.74, 6) is 0.852. The SMILES string of the molecule is NC(CC1CCCC1)c1cc(Br)ccc1I. The van der Waals surface area contributed by atoms with Crippen molar-refractivity contribution in [2.24, 2.45) is 11.7 Å². The molecule has 1 aliphatic rings. The molecule has 0 saturated heterocycles. The average molecular weight is 394 g/mol. The van der Waals surface area contributed by atoms with Gasteiger partial charge in [-0.1, -0.05) is 41.6 Å². The fourth-order valence-corrected chi connectivity index (χ4v) is 3.65. The van der Waals surface area contributed by atoms with Crippen molar-refractivity contribution < 1.29 is 0 Å². The zero-order valence-corrected chi connectivity index (χ0v) is 13.0. The summed E-state index contributed by atoms with van der Waals surface area (Å²) >= 11 is 5.90. The highest BCUT2D eigenvalue weighted by Crippen LogP contribution is 2.33. The van der Waals surface area contributed by atoms with Gasteiger partial charge in [0.05, 0.1) is 0 Å². The van der Waals surface area contributed by atoms with Gasteiger partial charge < -0.3 is 5.73 Å². The minimum Gasteiger partial charge on any atom is -0.324 e. The molecule has 0 heterocycles. The molecule has 1 unspecified atom stereocenters. The summed E-state index contributed by atoms with van der Waals surface area (Å²) in [6, 6.07) is 6.58. The smallest absolute Gasteiger partial charge is 0.0308 e. The minimum absolute atomic E-state index is 0.201. The maximum atomic E-state index is 6.32. The van der Waals surface area contributed by atoms with Gasteiger partial charge in [0.1, 0.15) is 0 Å². The van der Waals surface area contributed by atoms with E-state index in [9.17, 15) is 0 Å². The van der Waals surface area contributed by atoms with Gasteiger partial charge in [-0.3, -0.25) is 0 Å². The van der Waals surface area contributed by atoms with Crippen LogP contribution in [0, 0.1) is 9.49 Å². The standard InChI is InChI=1S/C13H17BrIN/c14-10-5-6-12(15)11(8-10)13(16)7-9-3-1-2-4-9/h5-6,8-9,13H,1-4,7,16H2. The number of benzene rings is 1. The van der Waals surface area contributed by atoms with Crippen LogP contribution >= 0.6 is 38.5 Å². The third-order valence-electron chi connectivity index (χ3n) is 3.42. The predicted molar refractivity (Wildman–Crippen MR) is 80.4 cm³/mol. The van der Waals surface area contributed by atoms with Crippen LogP contribution in [-0.2, 0) is 0 Å². The molecule has 1 aromatic rings. The van der Waals surface area contributed by atoms with Gasteiger partial charge in [-0.15, -0.1) is 0 Å². The number of nitrogens with two attached hydrogens (primary N) is 1. The predicted octanol–water partition coefficient (Wildman–Crippen LogP) is 4.63. The highest BCUT2D eigenvalue weighted by atomic mass is 127. The molecule has 1 saturated carbocycles. The molecule has 16 heavy (non-hydrogen) atoms. The van der Waals surface area contributed by atoms with Crippen molar-refractivity contribution in [3.05, 3.63) is 31.8 Å². The Bertz CT molecular complexity index is 361. The Balaban J connectivity index is 2.07. The van der Waals surface area contributed by atoms with Gasteiger partial charge in [-0.05, 0) is 58.7 Å². The van der Waals surface area contributed by atoms with E-state index in [1.807, 2.05) is 0 Å². The molecule has 0 bridgehead atoms. The Kier molecular flexibility index (Phi) is 4.67. The Morgan fingerprint density at radius 3 is 2.75 bits per heavy atom. The molecular formula is C13H17BrIN. The molecule has 1 fully saturated rings. The second-order valence-electron chi connectivity index (χ2n) is 4.66. The average Bonchev–Trinajstić information content (AvgIpc) is 2.74. The van der Waals surface area contributed by atoms with Crippen LogP contribution in [0.3, 0.4) is 0 Å². The summed E-state index contributed by atoms with van der Waals surface area (Å²) in [5, 5.41) is 0. The summed E-state index contributed by atoms with van der Waals surface area (Å²) in [6.45, 7) is 0. The first kappa shape index (κ1) is 12.8. The van der Waals surface area contributed by atoms with Crippen LogP contribution in [0.5, 0.6) is 0 Å². The van der Waals surface area contributed by atoms with Crippen LogP contribution in [0.25, 0.3) is 0 Å². The molecule has 1 aliphatic carbocycles. The third-order valence-corrected chi connectivity index (χ3v) is 4.90. The molecule has 0 radical (unpaired) electrons. The maximum absolute atomic E-state index is 6.32. The maximum Gasteiger partial charge on any atom is 0.0308 e. The summed E-state index contributed by atoms with van der Waals surface area (Å²) in [7, 11) is 0. The van der Waals surface area contributed by atoms with E-state index in [0.717, 1.165) is 16.8 Å². The van der Waals surface area contributed by atoms with Gasteiger partial charge >= 0.3 is 0 Å². The van der Waals surface area contributed by atoms with Crippen LogP contribution in [0.2, 0.25) is 0 Å². The summed E-state index contributed by atoms with van der Waals surface area (Å²) in [4.78, 5) is 0. The largest absolute Gasteiger partial charge is 0.324 e. The van der Waals surface area contributed by atoms with Crippen LogP contribution < -0.4 is 5.73 Å². The van der Waals surface area contributed by atoms with E-state index < -0.39 is 0 Å². The van der Waals surface area contributed by atoms with Crippen molar-refractivity contribution in [3.63, 3.8) is 0 Å². The first-order chi connectivity index (χ1) is 7.66. The molecule has 0 aliphatic heterocycles. The topological polar surface area (TPSA) is 26.0 Å². The van der Waals surface area contributed by atoms with E-state index in [4.69, 9.17) is 5.73 Å². The van der Waals surface area contributed by atoms with E-state index >= 15 is 0 Å². The van der Waals surface area contributed by atoms with Gasteiger partial charge in [0.2, 0.25) is 0 Å². The highest BCUT2D eigenvalue weighted by Gasteiger charge is 2.20. The van der Waals surface area contributed by atoms with Crippen molar-refractivity contribution in [1.29, 1.82) is 0 Å². The van der Waals surface area contributed by atoms with Crippen LogP contribution in [0.15, 0.2) is 22.7 Å². The van der Waals surface area contributed by atoms with E-state index in [1.54, 1.807) is 0 Å². The van der Waals surface area contributed by atoms with E-state index in [1.165, 1.54) is 34.8 Å². The van der Waals surface area contributed by atoms with Crippen LogP contribution in [0.4, 0.5) is 0 Å². The van der Waals surface area contributed by atoms with Crippen LogP contribution in [0.1, 0.15) is 43.7 Å². The summed E-state index contributed by atoms with van der Waals surface area (Å²) in [6.07, 6.45) is 6.68. The number of halogens is 2. The van der Waals surface area contributed by atoms with Crippen molar-refractivity contribution in [1.82, 2.24) is 0 Å². The molecule has 1 aromatic carbocycles. The number of rotatable bonds is 3. The van der Waals surface area contributed by atoms with Crippen molar-refractivity contribution in [3.8, 4) is 0 Å². The van der Waals surface area contributed by atoms with E-state index in [2.05, 4.69) is 56.7 Å². The second-order valence-corrected chi connectivity index (χ2v) is 6.74. The summed E-state index contributed by atoms with van der Waals surface area (Å²) < 4.78 is 2.41. The molecule has 2 N–H and O–H groups in total. The molecular weight excluding hydrogens is 377 g/mol.